The first-order chi connectivity index (χ1) is 24.5. The number of fused-ring (bicyclic) bond motifs is 1. The number of nitrogens with zero attached hydrogens (tertiary/aromatic N) is 1. The summed E-state index contributed by atoms with van der Waals surface area (Å²) in [5.41, 5.74) is 2.46. The van der Waals surface area contributed by atoms with Crippen LogP contribution < -0.4 is 15.4 Å². The lowest BCUT2D eigenvalue weighted by molar-refractivity contribution is -0.134. The van der Waals surface area contributed by atoms with Crippen molar-refractivity contribution in [2.24, 2.45) is 0 Å². The molecule has 0 saturated heterocycles. The normalized spacial score (nSPS) is 14.0. The van der Waals surface area contributed by atoms with Gasteiger partial charge in [0.25, 0.3) is 0 Å². The Morgan fingerprint density at radius 1 is 0.740 bits per heavy atom. The van der Waals surface area contributed by atoms with E-state index in [0.29, 0.717) is 31.2 Å². The van der Waals surface area contributed by atoms with Crippen molar-refractivity contribution < 1.29 is 19.1 Å². The first kappa shape index (κ1) is 41.7. The van der Waals surface area contributed by atoms with Gasteiger partial charge in [0.15, 0.2) is 0 Å². The van der Waals surface area contributed by atoms with Crippen LogP contribution >= 0.6 is 11.3 Å². The van der Waals surface area contributed by atoms with E-state index in [9.17, 15) is 14.4 Å². The summed E-state index contributed by atoms with van der Waals surface area (Å²) in [6.07, 6.45) is 23.2. The molecule has 7 nitrogen and oxygen atoms in total. The number of nitrogens with one attached hydrogen (secondary N) is 2. The summed E-state index contributed by atoms with van der Waals surface area (Å²) in [5, 5.41) is 8.01. The lowest BCUT2D eigenvalue weighted by Crippen LogP contribution is -2.41. The summed E-state index contributed by atoms with van der Waals surface area (Å²) < 4.78 is 5.82. The SMILES string of the molecule is CCCNC(=O)CCCCCCCCCCCCCCCC(=O)NCCC(=O)Oc1cccc2c1CC[C@@H](N(CCC)CCc1cccs1)C2. The molecule has 280 valence electrons. The summed E-state index contributed by atoms with van der Waals surface area (Å²) in [4.78, 5) is 40.7. The maximum absolute atomic E-state index is 12.7. The molecule has 0 saturated carbocycles. The van der Waals surface area contributed by atoms with Crippen LogP contribution in [-0.2, 0) is 33.6 Å². The van der Waals surface area contributed by atoms with Gasteiger partial charge < -0.3 is 15.4 Å². The summed E-state index contributed by atoms with van der Waals surface area (Å²) in [6.45, 7) is 7.64. The molecule has 2 aromatic rings. The molecule has 2 amide bonds. The van der Waals surface area contributed by atoms with Crippen molar-refractivity contribution in [3.8, 4) is 5.75 Å². The second-order valence-electron chi connectivity index (χ2n) is 14.2. The quantitative estimate of drug-likeness (QED) is 0.0523. The molecule has 1 heterocycles. The fraction of sp³-hybridized carbons (Fsp3) is 0.690. The lowest BCUT2D eigenvalue weighted by Gasteiger charge is -2.35. The Bertz CT molecular complexity index is 1220. The molecule has 1 aliphatic carbocycles. The van der Waals surface area contributed by atoms with Crippen molar-refractivity contribution in [3.05, 3.63) is 51.7 Å². The van der Waals surface area contributed by atoms with E-state index in [1.54, 1.807) is 0 Å². The molecule has 0 bridgehead atoms. The Kier molecular flexibility index (Phi) is 21.8. The molecule has 0 unspecified atom stereocenters. The molecule has 1 aromatic heterocycles. The zero-order valence-corrected chi connectivity index (χ0v) is 32.2. The second kappa shape index (κ2) is 26.1. The number of carbonyl (C=O) groups excluding carboxylic acids is 3. The zero-order chi connectivity index (χ0) is 35.7. The number of hydrogen-bond acceptors (Lipinski definition) is 6. The lowest BCUT2D eigenvalue weighted by atomic mass is 9.86. The van der Waals surface area contributed by atoms with Crippen LogP contribution in [0.15, 0.2) is 35.7 Å². The van der Waals surface area contributed by atoms with E-state index in [1.165, 1.54) is 73.8 Å². The van der Waals surface area contributed by atoms with Crippen molar-refractivity contribution in [1.29, 1.82) is 0 Å². The van der Waals surface area contributed by atoms with Gasteiger partial charge in [0.2, 0.25) is 11.8 Å². The van der Waals surface area contributed by atoms with Crippen LogP contribution in [0.25, 0.3) is 0 Å². The van der Waals surface area contributed by atoms with Crippen molar-refractivity contribution in [2.75, 3.05) is 26.2 Å². The molecule has 50 heavy (non-hydrogen) atoms. The number of esters is 1. The van der Waals surface area contributed by atoms with Crippen LogP contribution in [0.4, 0.5) is 0 Å². The first-order valence-electron chi connectivity index (χ1n) is 20.1. The zero-order valence-electron chi connectivity index (χ0n) is 31.4. The van der Waals surface area contributed by atoms with E-state index < -0.39 is 0 Å². The Labute approximate surface area is 307 Å². The number of benzene rings is 1. The highest BCUT2D eigenvalue weighted by Crippen LogP contribution is 2.32. The minimum absolute atomic E-state index is 0.0244. The Balaban J connectivity index is 1.17. The Morgan fingerprint density at radius 3 is 1.94 bits per heavy atom. The Hall–Kier alpha value is -2.71. The van der Waals surface area contributed by atoms with Crippen molar-refractivity contribution >= 4 is 29.1 Å². The highest BCUT2D eigenvalue weighted by molar-refractivity contribution is 7.09. The van der Waals surface area contributed by atoms with Crippen LogP contribution in [0.3, 0.4) is 0 Å². The van der Waals surface area contributed by atoms with Gasteiger partial charge in [-0.1, -0.05) is 103 Å². The summed E-state index contributed by atoms with van der Waals surface area (Å²) in [7, 11) is 0. The molecule has 1 aliphatic rings. The van der Waals surface area contributed by atoms with E-state index in [1.807, 2.05) is 23.5 Å². The third-order valence-electron chi connectivity index (χ3n) is 9.92. The molecular weight excluding hydrogens is 643 g/mol. The van der Waals surface area contributed by atoms with Gasteiger partial charge in [0.05, 0.1) is 6.42 Å². The monoisotopic (exact) mass is 709 g/mol. The molecule has 1 atom stereocenters. The number of hydrogen-bond donors (Lipinski definition) is 2. The van der Waals surface area contributed by atoms with Crippen molar-refractivity contribution in [1.82, 2.24) is 15.5 Å². The molecule has 0 fully saturated rings. The largest absolute Gasteiger partial charge is 0.426 e. The summed E-state index contributed by atoms with van der Waals surface area (Å²) in [6, 6.07) is 11.0. The molecular formula is C42H67N3O4S. The predicted octanol–water partition coefficient (Wildman–Crippen LogP) is 9.35. The van der Waals surface area contributed by atoms with Gasteiger partial charge in [0, 0.05) is 43.4 Å². The standard InChI is InChI=1S/C42H67N3O4S/c1-3-29-43-40(46)23-16-14-12-10-8-6-5-7-9-11-13-15-17-24-41(47)44-30-27-42(48)49-39-22-18-20-35-34-36(25-26-38(35)39)45(31-4-2)32-28-37-21-19-33-50-37/h18-22,33,36H,3-17,23-32,34H2,1-2H3,(H,43,46)(H,44,47)/t36-/m1/s1. The van der Waals surface area contributed by atoms with E-state index in [-0.39, 0.29) is 24.2 Å². The maximum atomic E-state index is 12.7. The van der Waals surface area contributed by atoms with Crippen molar-refractivity contribution in [2.45, 2.75) is 161 Å². The molecule has 0 spiro atoms. The fourth-order valence-electron chi connectivity index (χ4n) is 7.07. The number of carbonyl (C=O) groups is 3. The number of thiophene rings is 1. The van der Waals surface area contributed by atoms with Gasteiger partial charge in [0.1, 0.15) is 5.75 Å². The van der Waals surface area contributed by atoms with Crippen LogP contribution in [-0.4, -0.2) is 54.9 Å². The van der Waals surface area contributed by atoms with Gasteiger partial charge in [-0.3, -0.25) is 19.3 Å². The molecule has 0 aliphatic heterocycles. The molecule has 1 aromatic carbocycles. The van der Waals surface area contributed by atoms with Gasteiger partial charge in [-0.15, -0.1) is 11.3 Å². The second-order valence-corrected chi connectivity index (χ2v) is 15.2. The minimum Gasteiger partial charge on any atom is -0.426 e. The third kappa shape index (κ3) is 17.5. The number of ether oxygens (including phenoxy) is 1. The highest BCUT2D eigenvalue weighted by atomic mass is 32.1. The minimum atomic E-state index is -0.284. The third-order valence-corrected chi connectivity index (χ3v) is 10.9. The molecule has 2 N–H and O–H groups in total. The molecule has 3 rings (SSSR count). The molecule has 8 heteroatoms. The van der Waals surface area contributed by atoms with E-state index in [2.05, 4.69) is 53.0 Å². The van der Waals surface area contributed by atoms with E-state index >= 15 is 0 Å². The van der Waals surface area contributed by atoms with Crippen LogP contribution in [0.2, 0.25) is 0 Å². The topological polar surface area (TPSA) is 87.7 Å². The van der Waals surface area contributed by atoms with Gasteiger partial charge in [-0.05, 0) is 86.6 Å². The average Bonchev–Trinajstić information content (AvgIpc) is 3.64. The number of rotatable bonds is 28. The first-order valence-corrected chi connectivity index (χ1v) is 21.0. The summed E-state index contributed by atoms with van der Waals surface area (Å²) in [5.74, 6) is 0.633. The van der Waals surface area contributed by atoms with E-state index in [4.69, 9.17) is 4.74 Å². The highest BCUT2D eigenvalue weighted by Gasteiger charge is 2.26. The average molecular weight is 710 g/mol. The van der Waals surface area contributed by atoms with Gasteiger partial charge in [-0.25, -0.2) is 0 Å². The van der Waals surface area contributed by atoms with Gasteiger partial charge in [-0.2, -0.15) is 0 Å². The maximum Gasteiger partial charge on any atom is 0.312 e. The number of amides is 2. The van der Waals surface area contributed by atoms with Crippen molar-refractivity contribution in [3.63, 3.8) is 0 Å². The molecule has 0 radical (unpaired) electrons. The Morgan fingerprint density at radius 2 is 1.36 bits per heavy atom. The van der Waals surface area contributed by atoms with E-state index in [0.717, 1.165) is 83.8 Å². The fourth-order valence-corrected chi connectivity index (χ4v) is 7.77. The van der Waals surface area contributed by atoms with Crippen LogP contribution in [0.1, 0.15) is 152 Å². The van der Waals surface area contributed by atoms with Crippen LogP contribution in [0.5, 0.6) is 5.75 Å². The smallest absolute Gasteiger partial charge is 0.312 e. The number of unbranched alkanes of at least 4 members (excludes halogenated alkanes) is 12. The van der Waals surface area contributed by atoms with Gasteiger partial charge >= 0.3 is 5.97 Å². The van der Waals surface area contributed by atoms with Crippen LogP contribution in [0, 0.1) is 0 Å². The summed E-state index contributed by atoms with van der Waals surface area (Å²) >= 11 is 1.84. The predicted molar refractivity (Wildman–Crippen MR) is 208 cm³/mol.